The molecule has 0 aliphatic carbocycles. The van der Waals surface area contributed by atoms with Crippen LogP contribution in [0.1, 0.15) is 22.7 Å². The summed E-state index contributed by atoms with van der Waals surface area (Å²) in [5, 5.41) is 20.7. The van der Waals surface area contributed by atoms with Crippen LogP contribution in [-0.4, -0.2) is 52.7 Å². The fraction of sp³-hybridized carbons (Fsp3) is 0.158. The second kappa shape index (κ2) is 17.3. The molecule has 5 aromatic carbocycles. The number of hydrogen-bond acceptors (Lipinski definition) is 5. The topological polar surface area (TPSA) is 46.9 Å². The first-order valence-corrected chi connectivity index (χ1v) is 17.4. The first-order valence-electron chi connectivity index (χ1n) is 15.1. The Bertz CT molecular complexity index is 1670. The molecule has 0 bridgehead atoms. The van der Waals surface area contributed by atoms with Crippen molar-refractivity contribution in [1.82, 2.24) is 9.80 Å². The molecule has 1 fully saturated rings. The minimum Gasteiger partial charge on any atom is -0.505 e. The lowest BCUT2D eigenvalue weighted by Gasteiger charge is -2.39. The number of rotatable bonds is 8. The zero-order valence-corrected chi connectivity index (χ0v) is 29.3. The summed E-state index contributed by atoms with van der Waals surface area (Å²) in [4.78, 5) is 5.96. The summed E-state index contributed by atoms with van der Waals surface area (Å²) in [6, 6.07) is 38.6. The molecule has 0 spiro atoms. The summed E-state index contributed by atoms with van der Waals surface area (Å²) in [5.74, 6) is -0.238. The van der Waals surface area contributed by atoms with Gasteiger partial charge in [0, 0.05) is 42.8 Å². The Hall–Kier alpha value is -3.13. The van der Waals surface area contributed by atoms with Gasteiger partial charge in [-0.25, -0.2) is 0 Å². The summed E-state index contributed by atoms with van der Waals surface area (Å²) in [6.07, 6.45) is 4.51. The highest BCUT2D eigenvalue weighted by atomic mass is 35.5. The lowest BCUT2D eigenvalue weighted by Crippen LogP contribution is -2.47. The van der Waals surface area contributed by atoms with Crippen LogP contribution in [0.4, 0.5) is 0 Å². The van der Waals surface area contributed by atoms with E-state index in [0.717, 1.165) is 44.5 Å². The molecule has 1 heterocycles. The van der Waals surface area contributed by atoms with Gasteiger partial charge in [-0.05, 0) is 41.0 Å². The summed E-state index contributed by atoms with van der Waals surface area (Å²) in [6.45, 7) is 5.41. The van der Waals surface area contributed by atoms with Crippen LogP contribution >= 0.6 is 58.2 Å². The molecule has 0 unspecified atom stereocenters. The maximum Gasteiger partial charge on any atom is 0.148 e. The van der Waals surface area contributed by atoms with E-state index < -0.39 is 0 Å². The molecule has 1 aliphatic rings. The van der Waals surface area contributed by atoms with Crippen molar-refractivity contribution in [3.63, 3.8) is 0 Å². The third-order valence-corrected chi connectivity index (χ3v) is 9.76. The van der Waals surface area contributed by atoms with Crippen molar-refractivity contribution in [1.29, 1.82) is 0 Å². The van der Waals surface area contributed by atoms with Crippen molar-refractivity contribution in [2.45, 2.75) is 15.8 Å². The molecule has 2 N–H and O–H groups in total. The van der Waals surface area contributed by atoms with Gasteiger partial charge in [0.15, 0.2) is 0 Å². The fourth-order valence-electron chi connectivity index (χ4n) is 5.35. The second-order valence-corrected chi connectivity index (χ2v) is 13.7. The molecule has 0 amide bonds. The van der Waals surface area contributed by atoms with Crippen LogP contribution in [0.15, 0.2) is 131 Å². The van der Waals surface area contributed by atoms with E-state index in [0.29, 0.717) is 25.9 Å². The standard InChI is InChI=1S/C26H28N2.C12H6Cl4O2S/c1-4-11-23(12-5-1)13-10-18-27-19-21-28(22-20-27)26(24-14-6-2-7-15-24)25-16-8-3-9-17-25;13-5-1-7(15)11(17)9(3-5)19-10-4-6(14)2-8(16)12(10)18/h1-17,26H,18-22H2;1-4,17-18H/b13-10+;. The van der Waals surface area contributed by atoms with Crippen molar-refractivity contribution in [3.05, 3.63) is 158 Å². The lowest BCUT2D eigenvalue weighted by molar-refractivity contribution is 0.118. The number of phenolic OH excluding ortho intramolecular Hbond substituents is 2. The molecule has 0 saturated carbocycles. The maximum atomic E-state index is 9.85. The lowest BCUT2D eigenvalue weighted by atomic mass is 9.96. The molecule has 4 nitrogen and oxygen atoms in total. The van der Waals surface area contributed by atoms with E-state index in [1.54, 1.807) is 0 Å². The normalized spacial score (nSPS) is 13.9. The molecule has 0 aromatic heterocycles. The molecule has 9 heteroatoms. The quantitative estimate of drug-likeness (QED) is 0.167. The third kappa shape index (κ3) is 9.94. The highest BCUT2D eigenvalue weighted by Gasteiger charge is 2.25. The number of phenols is 2. The van der Waals surface area contributed by atoms with Crippen LogP contribution in [0.3, 0.4) is 0 Å². The molecule has 242 valence electrons. The number of nitrogens with zero attached hydrogens (tertiary/aromatic N) is 2. The molecule has 1 aliphatic heterocycles. The zero-order valence-electron chi connectivity index (χ0n) is 25.4. The van der Waals surface area contributed by atoms with E-state index in [4.69, 9.17) is 46.4 Å². The predicted octanol–water partition coefficient (Wildman–Crippen LogP) is 11.0. The van der Waals surface area contributed by atoms with Gasteiger partial charge in [-0.15, -0.1) is 0 Å². The Kier molecular flexibility index (Phi) is 13.0. The maximum absolute atomic E-state index is 9.85. The Labute approximate surface area is 300 Å². The fourth-order valence-corrected chi connectivity index (χ4v) is 7.60. The summed E-state index contributed by atoms with van der Waals surface area (Å²) in [5.41, 5.74) is 4.03. The van der Waals surface area contributed by atoms with E-state index in [9.17, 15) is 10.2 Å². The van der Waals surface area contributed by atoms with Crippen LogP contribution in [0, 0.1) is 0 Å². The Balaban J connectivity index is 0.000000199. The van der Waals surface area contributed by atoms with Gasteiger partial charge in [-0.2, -0.15) is 0 Å². The number of piperazine rings is 1. The molecular formula is C38H34Cl4N2O2S. The monoisotopic (exact) mass is 722 g/mol. The van der Waals surface area contributed by atoms with Crippen molar-refractivity contribution < 1.29 is 10.2 Å². The van der Waals surface area contributed by atoms with Crippen LogP contribution in [0.25, 0.3) is 6.08 Å². The number of aromatic hydroxyl groups is 2. The molecule has 0 radical (unpaired) electrons. The van der Waals surface area contributed by atoms with Gasteiger partial charge < -0.3 is 10.2 Å². The molecular weight excluding hydrogens is 690 g/mol. The van der Waals surface area contributed by atoms with Crippen LogP contribution < -0.4 is 0 Å². The zero-order chi connectivity index (χ0) is 33.2. The predicted molar refractivity (Wildman–Crippen MR) is 199 cm³/mol. The van der Waals surface area contributed by atoms with Crippen LogP contribution in [-0.2, 0) is 0 Å². The minimum absolute atomic E-state index is 0.119. The summed E-state index contributed by atoms with van der Waals surface area (Å²) >= 11 is 24.4. The largest absolute Gasteiger partial charge is 0.505 e. The van der Waals surface area contributed by atoms with E-state index in [-0.39, 0.29) is 21.5 Å². The molecule has 1 saturated heterocycles. The van der Waals surface area contributed by atoms with Crippen molar-refractivity contribution in [2.75, 3.05) is 32.7 Å². The molecule has 5 aromatic rings. The van der Waals surface area contributed by atoms with Crippen molar-refractivity contribution >= 4 is 64.2 Å². The van der Waals surface area contributed by atoms with Gasteiger partial charge in [0.25, 0.3) is 0 Å². The molecule has 6 rings (SSSR count). The first kappa shape index (κ1) is 35.2. The summed E-state index contributed by atoms with van der Waals surface area (Å²) < 4.78 is 0. The number of halogens is 4. The van der Waals surface area contributed by atoms with Crippen molar-refractivity contribution in [3.8, 4) is 11.5 Å². The Morgan fingerprint density at radius 1 is 0.617 bits per heavy atom. The molecule has 0 atom stereocenters. The van der Waals surface area contributed by atoms with Gasteiger partial charge in [0.2, 0.25) is 0 Å². The number of benzene rings is 5. The van der Waals surface area contributed by atoms with Crippen LogP contribution in [0.5, 0.6) is 11.5 Å². The smallest absolute Gasteiger partial charge is 0.148 e. The van der Waals surface area contributed by atoms with Gasteiger partial charge in [0.1, 0.15) is 11.5 Å². The van der Waals surface area contributed by atoms with Gasteiger partial charge in [-0.3, -0.25) is 9.80 Å². The third-order valence-electron chi connectivity index (χ3n) is 7.68. The van der Waals surface area contributed by atoms with E-state index in [1.165, 1.54) is 41.0 Å². The van der Waals surface area contributed by atoms with E-state index in [1.807, 2.05) is 0 Å². The molecule has 47 heavy (non-hydrogen) atoms. The first-order chi connectivity index (χ1) is 22.8. The average Bonchev–Trinajstić information content (AvgIpc) is 3.08. The number of hydrogen-bond donors (Lipinski definition) is 2. The SMILES string of the molecule is C(=C\c1ccccc1)/CN1CCN(C(c2ccccc2)c2ccccc2)CC1.Oc1c(Cl)cc(Cl)cc1Sc1cc(Cl)cc(Cl)c1O. The van der Waals surface area contributed by atoms with Crippen molar-refractivity contribution in [2.24, 2.45) is 0 Å². The van der Waals surface area contributed by atoms with E-state index >= 15 is 0 Å². The van der Waals surface area contributed by atoms with Gasteiger partial charge in [0.05, 0.1) is 25.9 Å². The second-order valence-electron chi connectivity index (χ2n) is 10.9. The average molecular weight is 725 g/mol. The minimum atomic E-state index is -0.119. The van der Waals surface area contributed by atoms with Crippen LogP contribution in [0.2, 0.25) is 20.1 Å². The Morgan fingerprint density at radius 2 is 1.06 bits per heavy atom. The Morgan fingerprint density at radius 3 is 1.53 bits per heavy atom. The van der Waals surface area contributed by atoms with Gasteiger partial charge in [-0.1, -0.05) is 161 Å². The highest BCUT2D eigenvalue weighted by molar-refractivity contribution is 7.99. The van der Waals surface area contributed by atoms with E-state index in [2.05, 4.69) is 113 Å². The summed E-state index contributed by atoms with van der Waals surface area (Å²) in [7, 11) is 0. The highest BCUT2D eigenvalue weighted by Crippen LogP contribution is 2.46. The van der Waals surface area contributed by atoms with Gasteiger partial charge >= 0.3 is 0 Å².